The van der Waals surface area contributed by atoms with E-state index in [2.05, 4.69) is 10.6 Å². The van der Waals surface area contributed by atoms with Crippen LogP contribution in [0.3, 0.4) is 0 Å². The van der Waals surface area contributed by atoms with Crippen LogP contribution in [-0.4, -0.2) is 47.7 Å². The van der Waals surface area contributed by atoms with Crippen molar-refractivity contribution in [3.63, 3.8) is 0 Å². The van der Waals surface area contributed by atoms with Crippen molar-refractivity contribution < 1.29 is 24.2 Å². The van der Waals surface area contributed by atoms with Gasteiger partial charge < -0.3 is 20.5 Å². The molecule has 0 radical (unpaired) electrons. The van der Waals surface area contributed by atoms with Crippen LogP contribution in [0.15, 0.2) is 12.2 Å². The number of carbonyl (C=O) groups excluding carboxylic acids is 3. The van der Waals surface area contributed by atoms with Gasteiger partial charge in [-0.05, 0) is 39.0 Å². The Morgan fingerprint density at radius 3 is 2.74 bits per heavy atom. The van der Waals surface area contributed by atoms with Crippen LogP contribution in [0, 0.1) is 5.92 Å². The largest absolute Gasteiger partial charge is 0.464 e. The van der Waals surface area contributed by atoms with Crippen LogP contribution >= 0.6 is 0 Å². The fourth-order valence-corrected chi connectivity index (χ4v) is 3.66. The standard InChI is InChI=1S/C20H32N2O5/c1-15-13-27-18(25)9-5-3-2-4-8-16(19(26)21-15)12-17(24)22-20(14-23)10-6-7-11-20/h2,4,15-16,23H,3,5-14H2,1H3,(H,21,26)(H,22,24). The van der Waals surface area contributed by atoms with Crippen molar-refractivity contribution in [2.45, 2.75) is 76.3 Å². The molecule has 1 heterocycles. The number of hydrogen-bond acceptors (Lipinski definition) is 5. The Balaban J connectivity index is 1.98. The van der Waals surface area contributed by atoms with Crippen LogP contribution in [0.25, 0.3) is 0 Å². The first-order valence-electron chi connectivity index (χ1n) is 9.97. The van der Waals surface area contributed by atoms with Gasteiger partial charge in [-0.15, -0.1) is 0 Å². The second-order valence-corrected chi connectivity index (χ2v) is 7.79. The summed E-state index contributed by atoms with van der Waals surface area (Å²) in [7, 11) is 0. The number of esters is 1. The SMILES string of the molecule is CC1COC(=O)CCCC=CCC(CC(=O)NC2(CO)CCCC2)C(=O)N1. The molecule has 27 heavy (non-hydrogen) atoms. The maximum atomic E-state index is 12.6. The Kier molecular flexibility index (Phi) is 8.28. The van der Waals surface area contributed by atoms with E-state index in [-0.39, 0.29) is 43.5 Å². The predicted octanol–water partition coefficient (Wildman–Crippen LogP) is 1.59. The molecule has 0 spiro atoms. The lowest BCUT2D eigenvalue weighted by Crippen LogP contribution is -2.50. The van der Waals surface area contributed by atoms with E-state index in [9.17, 15) is 19.5 Å². The summed E-state index contributed by atoms with van der Waals surface area (Å²) >= 11 is 0. The molecule has 7 nitrogen and oxygen atoms in total. The van der Waals surface area contributed by atoms with Gasteiger partial charge in [-0.25, -0.2) is 0 Å². The number of nitrogens with one attached hydrogen (secondary N) is 2. The first-order valence-corrected chi connectivity index (χ1v) is 9.97. The maximum absolute atomic E-state index is 12.6. The Morgan fingerprint density at radius 1 is 1.30 bits per heavy atom. The van der Waals surface area contributed by atoms with Crippen molar-refractivity contribution in [3.05, 3.63) is 12.2 Å². The molecule has 7 heteroatoms. The molecule has 1 aliphatic carbocycles. The summed E-state index contributed by atoms with van der Waals surface area (Å²) in [6, 6.07) is -0.310. The number of ether oxygens (including phenoxy) is 1. The van der Waals surface area contributed by atoms with Crippen molar-refractivity contribution in [1.82, 2.24) is 10.6 Å². The van der Waals surface area contributed by atoms with Gasteiger partial charge in [0.1, 0.15) is 6.61 Å². The van der Waals surface area contributed by atoms with Crippen LogP contribution in [0.4, 0.5) is 0 Å². The number of hydrogen-bond donors (Lipinski definition) is 3. The minimum absolute atomic E-state index is 0.0715. The molecule has 2 amide bonds. The van der Waals surface area contributed by atoms with E-state index < -0.39 is 11.5 Å². The zero-order valence-corrected chi connectivity index (χ0v) is 16.2. The Morgan fingerprint density at radius 2 is 2.04 bits per heavy atom. The van der Waals surface area contributed by atoms with E-state index in [1.165, 1.54) is 0 Å². The predicted molar refractivity (Wildman–Crippen MR) is 101 cm³/mol. The fourth-order valence-electron chi connectivity index (χ4n) is 3.66. The first kappa shape index (κ1) is 21.4. The van der Waals surface area contributed by atoms with Crippen molar-refractivity contribution in [2.24, 2.45) is 5.92 Å². The highest BCUT2D eigenvalue weighted by atomic mass is 16.5. The number of carbonyl (C=O) groups is 3. The van der Waals surface area contributed by atoms with Gasteiger partial charge in [0, 0.05) is 12.8 Å². The second-order valence-electron chi connectivity index (χ2n) is 7.79. The molecule has 0 bridgehead atoms. The molecule has 0 aromatic heterocycles. The summed E-state index contributed by atoms with van der Waals surface area (Å²) in [5.74, 6) is -1.17. The van der Waals surface area contributed by atoms with Crippen molar-refractivity contribution >= 4 is 17.8 Å². The van der Waals surface area contributed by atoms with Crippen LogP contribution in [0.5, 0.6) is 0 Å². The summed E-state index contributed by atoms with van der Waals surface area (Å²) in [5.41, 5.74) is -0.534. The summed E-state index contributed by atoms with van der Waals surface area (Å²) < 4.78 is 5.16. The van der Waals surface area contributed by atoms with Crippen LogP contribution in [0.2, 0.25) is 0 Å². The highest BCUT2D eigenvalue weighted by Crippen LogP contribution is 2.29. The summed E-state index contributed by atoms with van der Waals surface area (Å²) in [4.78, 5) is 36.8. The van der Waals surface area contributed by atoms with Crippen LogP contribution < -0.4 is 10.6 Å². The summed E-state index contributed by atoms with van der Waals surface area (Å²) in [5, 5.41) is 15.5. The lowest BCUT2D eigenvalue weighted by Gasteiger charge is -2.29. The lowest BCUT2D eigenvalue weighted by atomic mass is 9.95. The number of cyclic esters (lactones) is 1. The zero-order valence-electron chi connectivity index (χ0n) is 16.2. The molecule has 152 valence electrons. The van der Waals surface area contributed by atoms with E-state index in [0.29, 0.717) is 19.3 Å². The van der Waals surface area contributed by atoms with Crippen molar-refractivity contribution in [3.8, 4) is 0 Å². The lowest BCUT2D eigenvalue weighted by molar-refractivity contribution is -0.145. The molecule has 2 atom stereocenters. The van der Waals surface area contributed by atoms with E-state index >= 15 is 0 Å². The molecule has 0 aromatic carbocycles. The average molecular weight is 380 g/mol. The highest BCUT2D eigenvalue weighted by Gasteiger charge is 2.35. The third kappa shape index (κ3) is 6.97. The molecule has 0 saturated heterocycles. The van der Waals surface area contributed by atoms with Crippen molar-refractivity contribution in [2.75, 3.05) is 13.2 Å². The second kappa shape index (κ2) is 10.4. The Bertz CT molecular complexity index is 555. The minimum atomic E-state index is -0.534. The van der Waals surface area contributed by atoms with Crippen molar-refractivity contribution in [1.29, 1.82) is 0 Å². The van der Waals surface area contributed by atoms with Gasteiger partial charge in [0.25, 0.3) is 0 Å². The molecule has 0 aromatic rings. The molecule has 2 aliphatic rings. The van der Waals surface area contributed by atoms with E-state index in [1.54, 1.807) is 6.92 Å². The topological polar surface area (TPSA) is 105 Å². The Hall–Kier alpha value is -1.89. The van der Waals surface area contributed by atoms with Gasteiger partial charge >= 0.3 is 5.97 Å². The third-order valence-corrected chi connectivity index (χ3v) is 5.29. The quantitative estimate of drug-likeness (QED) is 0.507. The molecule has 1 saturated carbocycles. The highest BCUT2D eigenvalue weighted by molar-refractivity contribution is 5.86. The van der Waals surface area contributed by atoms with Crippen LogP contribution in [-0.2, 0) is 19.1 Å². The maximum Gasteiger partial charge on any atom is 0.305 e. The van der Waals surface area contributed by atoms with Gasteiger partial charge in [0.2, 0.25) is 11.8 Å². The summed E-state index contributed by atoms with van der Waals surface area (Å²) in [6.45, 7) is 1.83. The average Bonchev–Trinajstić information content (AvgIpc) is 3.10. The number of amides is 2. The van der Waals surface area contributed by atoms with Gasteiger partial charge in [-0.3, -0.25) is 14.4 Å². The smallest absolute Gasteiger partial charge is 0.305 e. The molecular weight excluding hydrogens is 348 g/mol. The van der Waals surface area contributed by atoms with E-state index in [4.69, 9.17) is 4.74 Å². The first-order chi connectivity index (χ1) is 12.9. The van der Waals surface area contributed by atoms with Gasteiger partial charge in [0.05, 0.1) is 24.1 Å². The molecule has 2 unspecified atom stereocenters. The molecule has 1 fully saturated rings. The normalized spacial score (nSPS) is 26.9. The summed E-state index contributed by atoms with van der Waals surface area (Å²) in [6.07, 6.45) is 9.71. The Labute approximate surface area is 160 Å². The molecule has 2 rings (SSSR count). The number of allylic oxidation sites excluding steroid dienone is 2. The van der Waals surface area contributed by atoms with E-state index in [0.717, 1.165) is 32.1 Å². The van der Waals surface area contributed by atoms with Crippen LogP contribution in [0.1, 0.15) is 64.7 Å². The molecule has 1 aliphatic heterocycles. The fraction of sp³-hybridized carbons (Fsp3) is 0.750. The number of aliphatic hydroxyl groups is 1. The zero-order chi connectivity index (χ0) is 19.7. The minimum Gasteiger partial charge on any atom is -0.464 e. The van der Waals surface area contributed by atoms with Gasteiger partial charge in [0.15, 0.2) is 0 Å². The van der Waals surface area contributed by atoms with E-state index in [1.807, 2.05) is 12.2 Å². The van der Waals surface area contributed by atoms with Gasteiger partial charge in [-0.1, -0.05) is 25.0 Å². The number of rotatable bonds is 4. The number of aliphatic hydroxyl groups excluding tert-OH is 1. The third-order valence-electron chi connectivity index (χ3n) is 5.29. The molecular formula is C20H32N2O5. The van der Waals surface area contributed by atoms with Gasteiger partial charge in [-0.2, -0.15) is 0 Å². The monoisotopic (exact) mass is 380 g/mol. The molecule has 3 N–H and O–H groups in total.